The first-order valence-corrected chi connectivity index (χ1v) is 13.2. The van der Waals surface area contributed by atoms with Gasteiger partial charge in [0.15, 0.2) is 0 Å². The van der Waals surface area contributed by atoms with Gasteiger partial charge in [-0.1, -0.05) is 0 Å². The van der Waals surface area contributed by atoms with Gasteiger partial charge in [-0.15, -0.1) is 11.8 Å². The summed E-state index contributed by atoms with van der Waals surface area (Å²) in [4.78, 5) is 39.2. The van der Waals surface area contributed by atoms with Gasteiger partial charge in [-0.05, 0) is 89.7 Å². The molecule has 9 heteroatoms. The molecule has 2 amide bonds. The largest absolute Gasteiger partial charge is 0.444 e. The molecule has 0 bridgehead atoms. The van der Waals surface area contributed by atoms with E-state index in [0.29, 0.717) is 5.92 Å². The lowest BCUT2D eigenvalue weighted by Gasteiger charge is -2.40. The normalized spacial score (nSPS) is 21.8. The number of hydrogen-bond acceptors (Lipinski definition) is 6. The summed E-state index contributed by atoms with van der Waals surface area (Å²) in [6, 6.07) is 6.37. The quantitative estimate of drug-likeness (QED) is 0.297. The van der Waals surface area contributed by atoms with Crippen molar-refractivity contribution >= 4 is 29.4 Å². The van der Waals surface area contributed by atoms with Crippen LogP contribution >= 0.6 is 11.8 Å². The number of alkyl carbamates (subject to hydrolysis) is 1. The number of rotatable bonds is 8. The first kappa shape index (κ1) is 26.3. The van der Waals surface area contributed by atoms with Gasteiger partial charge in [0, 0.05) is 35.9 Å². The van der Waals surface area contributed by atoms with E-state index in [1.807, 2.05) is 32.7 Å². The highest BCUT2D eigenvalue weighted by Crippen LogP contribution is 2.36. The molecule has 2 saturated carbocycles. The van der Waals surface area contributed by atoms with E-state index in [0.717, 1.165) is 55.6 Å². The number of nitro benzene ring substituents is 1. The molecule has 2 aliphatic rings. The molecule has 0 heterocycles. The van der Waals surface area contributed by atoms with Crippen LogP contribution in [0.3, 0.4) is 0 Å². The van der Waals surface area contributed by atoms with Crippen LogP contribution in [0.5, 0.6) is 0 Å². The number of nitrogens with one attached hydrogen (secondary N) is 1. The standard InChI is InChI=1S/C25H37N3O5S/c1-25(2,3)33-24(30)26-22(23(29)27(4)19-6-5-7-19)18-10-8-17(9-11-18)16-34-21-14-12-20(13-15-21)28(31)32/h12-15,17-19,22H,5-11,16H2,1-4H3,(H,26,30)/t17-,18-,22-/m0/s1. The zero-order valence-electron chi connectivity index (χ0n) is 20.6. The summed E-state index contributed by atoms with van der Waals surface area (Å²) >= 11 is 1.71. The van der Waals surface area contributed by atoms with E-state index in [-0.39, 0.29) is 28.5 Å². The van der Waals surface area contributed by atoms with Crippen molar-refractivity contribution in [3.8, 4) is 0 Å². The van der Waals surface area contributed by atoms with Crippen LogP contribution in [0.4, 0.5) is 10.5 Å². The number of amides is 2. The molecule has 2 aliphatic carbocycles. The Morgan fingerprint density at radius 3 is 2.26 bits per heavy atom. The summed E-state index contributed by atoms with van der Waals surface area (Å²) < 4.78 is 5.46. The fourth-order valence-corrected chi connectivity index (χ4v) is 5.65. The molecule has 34 heavy (non-hydrogen) atoms. The zero-order chi connectivity index (χ0) is 24.9. The number of thioether (sulfide) groups is 1. The van der Waals surface area contributed by atoms with Crippen LogP contribution in [-0.2, 0) is 9.53 Å². The molecule has 8 nitrogen and oxygen atoms in total. The van der Waals surface area contributed by atoms with E-state index in [9.17, 15) is 19.7 Å². The van der Waals surface area contributed by atoms with Crippen LogP contribution in [-0.4, -0.2) is 52.3 Å². The number of nitrogens with zero attached hydrogens (tertiary/aromatic N) is 2. The number of carbonyl (C=O) groups excluding carboxylic acids is 2. The molecule has 3 rings (SSSR count). The van der Waals surface area contributed by atoms with E-state index in [2.05, 4.69) is 5.32 Å². The van der Waals surface area contributed by atoms with Gasteiger partial charge < -0.3 is 15.0 Å². The minimum absolute atomic E-state index is 0.0146. The molecule has 0 aromatic heterocycles. The van der Waals surface area contributed by atoms with Crippen LogP contribution in [0.15, 0.2) is 29.2 Å². The van der Waals surface area contributed by atoms with E-state index < -0.39 is 17.7 Å². The lowest BCUT2D eigenvalue weighted by molar-refractivity contribution is -0.384. The lowest BCUT2D eigenvalue weighted by Crippen LogP contribution is -2.55. The minimum atomic E-state index is -0.621. The van der Waals surface area contributed by atoms with Crippen molar-refractivity contribution in [1.82, 2.24) is 10.2 Å². The van der Waals surface area contributed by atoms with Gasteiger partial charge in [0.1, 0.15) is 11.6 Å². The third-order valence-corrected chi connectivity index (χ3v) is 8.05. The van der Waals surface area contributed by atoms with Crippen LogP contribution in [0, 0.1) is 22.0 Å². The van der Waals surface area contributed by atoms with E-state index >= 15 is 0 Å². The molecule has 1 N–H and O–H groups in total. The van der Waals surface area contributed by atoms with Crippen molar-refractivity contribution in [3.05, 3.63) is 34.4 Å². The Kier molecular flexibility index (Phi) is 8.84. The fourth-order valence-electron chi connectivity index (χ4n) is 4.56. The topological polar surface area (TPSA) is 102 Å². The van der Waals surface area contributed by atoms with E-state index in [4.69, 9.17) is 4.74 Å². The predicted octanol–water partition coefficient (Wildman–Crippen LogP) is 5.40. The average Bonchev–Trinajstić information content (AvgIpc) is 2.74. The maximum atomic E-state index is 13.3. The Morgan fingerprint density at radius 1 is 1.15 bits per heavy atom. The van der Waals surface area contributed by atoms with Crippen molar-refractivity contribution in [2.24, 2.45) is 11.8 Å². The number of nitro groups is 1. The summed E-state index contributed by atoms with van der Waals surface area (Å²) in [6.45, 7) is 5.45. The Balaban J connectivity index is 1.56. The molecule has 1 atom stereocenters. The second kappa shape index (κ2) is 11.4. The predicted molar refractivity (Wildman–Crippen MR) is 133 cm³/mol. The molecule has 2 fully saturated rings. The van der Waals surface area contributed by atoms with Gasteiger partial charge in [-0.3, -0.25) is 14.9 Å². The molecule has 0 radical (unpaired) electrons. The van der Waals surface area contributed by atoms with Gasteiger partial charge in [0.2, 0.25) is 5.91 Å². The highest BCUT2D eigenvalue weighted by molar-refractivity contribution is 7.99. The van der Waals surface area contributed by atoms with Crippen LogP contribution in [0.25, 0.3) is 0 Å². The Morgan fingerprint density at radius 2 is 1.76 bits per heavy atom. The van der Waals surface area contributed by atoms with Crippen molar-refractivity contribution in [1.29, 1.82) is 0 Å². The van der Waals surface area contributed by atoms with E-state index in [1.165, 1.54) is 12.1 Å². The number of non-ortho nitro benzene ring substituents is 1. The molecule has 0 unspecified atom stereocenters. The van der Waals surface area contributed by atoms with Gasteiger partial charge >= 0.3 is 6.09 Å². The molecule has 1 aromatic carbocycles. The second-order valence-corrected chi connectivity index (χ2v) is 11.6. The molecule has 188 valence electrons. The molecular formula is C25H37N3O5S. The lowest BCUT2D eigenvalue weighted by atomic mass is 9.78. The SMILES string of the molecule is CN(C(=O)[C@@H](NC(=O)OC(C)(C)C)[C@H]1CC[C@H](CSc2ccc([N+](=O)[O-])cc2)CC1)C1CCC1. The third-order valence-electron chi connectivity index (χ3n) is 6.80. The van der Waals surface area contributed by atoms with Crippen LogP contribution in [0.2, 0.25) is 0 Å². The second-order valence-electron chi connectivity index (χ2n) is 10.5. The Labute approximate surface area is 206 Å². The van der Waals surface area contributed by atoms with Gasteiger partial charge in [-0.25, -0.2) is 4.79 Å². The molecule has 0 saturated heterocycles. The number of benzene rings is 1. The van der Waals surface area contributed by atoms with Crippen LogP contribution < -0.4 is 5.32 Å². The monoisotopic (exact) mass is 491 g/mol. The average molecular weight is 492 g/mol. The summed E-state index contributed by atoms with van der Waals surface area (Å²) in [5.41, 5.74) is -0.519. The summed E-state index contributed by atoms with van der Waals surface area (Å²) in [5.74, 6) is 1.52. The summed E-state index contributed by atoms with van der Waals surface area (Å²) in [7, 11) is 1.85. The summed E-state index contributed by atoms with van der Waals surface area (Å²) in [6.07, 6.45) is 6.36. The Bertz CT molecular complexity index is 858. The maximum Gasteiger partial charge on any atom is 0.408 e. The van der Waals surface area contributed by atoms with Crippen LogP contribution in [0.1, 0.15) is 65.7 Å². The molecular weight excluding hydrogens is 454 g/mol. The minimum Gasteiger partial charge on any atom is -0.444 e. The first-order chi connectivity index (χ1) is 16.0. The smallest absolute Gasteiger partial charge is 0.408 e. The van der Waals surface area contributed by atoms with Gasteiger partial charge in [-0.2, -0.15) is 0 Å². The third kappa shape index (κ3) is 7.35. The molecule has 0 spiro atoms. The first-order valence-electron chi connectivity index (χ1n) is 12.2. The van der Waals surface area contributed by atoms with E-state index in [1.54, 1.807) is 23.9 Å². The molecule has 0 aliphatic heterocycles. The number of likely N-dealkylation sites (N-methyl/N-ethyl adjacent to an activating group) is 1. The number of carbonyl (C=O) groups is 2. The van der Waals surface area contributed by atoms with Crippen molar-refractivity contribution in [2.45, 2.75) is 88.3 Å². The fraction of sp³-hybridized carbons (Fsp3) is 0.680. The zero-order valence-corrected chi connectivity index (χ0v) is 21.4. The van der Waals surface area contributed by atoms with Gasteiger partial charge in [0.05, 0.1) is 4.92 Å². The Hall–Kier alpha value is -2.29. The van der Waals surface area contributed by atoms with Gasteiger partial charge in [0.25, 0.3) is 5.69 Å². The number of ether oxygens (including phenoxy) is 1. The van der Waals surface area contributed by atoms with Crippen molar-refractivity contribution in [2.75, 3.05) is 12.8 Å². The molecule has 1 aromatic rings. The number of hydrogen-bond donors (Lipinski definition) is 1. The highest BCUT2D eigenvalue weighted by atomic mass is 32.2. The highest BCUT2D eigenvalue weighted by Gasteiger charge is 2.38. The summed E-state index contributed by atoms with van der Waals surface area (Å²) in [5, 5.41) is 13.7. The van der Waals surface area contributed by atoms with Crippen molar-refractivity contribution in [3.63, 3.8) is 0 Å². The van der Waals surface area contributed by atoms with Crippen molar-refractivity contribution < 1.29 is 19.2 Å². The maximum absolute atomic E-state index is 13.3.